The number of hydrogen-bond acceptors (Lipinski definition) is 5. The van der Waals surface area contributed by atoms with Gasteiger partial charge in [-0.25, -0.2) is 0 Å². The van der Waals surface area contributed by atoms with Gasteiger partial charge in [0.25, 0.3) is 0 Å². The quantitative estimate of drug-likeness (QED) is 0.262. The summed E-state index contributed by atoms with van der Waals surface area (Å²) in [5.74, 6) is 0. The Kier molecular flexibility index (Phi) is 7.11. The summed E-state index contributed by atoms with van der Waals surface area (Å²) in [6.07, 6.45) is 0. The summed E-state index contributed by atoms with van der Waals surface area (Å²) in [7, 11) is 8.23. The van der Waals surface area contributed by atoms with Crippen LogP contribution in [0.3, 0.4) is 0 Å². The summed E-state index contributed by atoms with van der Waals surface area (Å²) >= 11 is 0. The van der Waals surface area contributed by atoms with Gasteiger partial charge in [0.2, 0.25) is 0 Å². The molecule has 0 aromatic carbocycles. The van der Waals surface area contributed by atoms with Gasteiger partial charge in [-0.1, -0.05) is 5.11 Å². The van der Waals surface area contributed by atoms with Crippen LogP contribution in [0.25, 0.3) is 10.4 Å². The van der Waals surface area contributed by atoms with Crippen LogP contribution in [0, 0.1) is 0 Å². The monoisotopic (exact) mass is 215 g/mol. The molecule has 0 amide bonds. The third kappa shape index (κ3) is 5.01. The summed E-state index contributed by atoms with van der Waals surface area (Å²) in [6.45, 7) is -0.423. The van der Waals surface area contributed by atoms with Gasteiger partial charge in [-0.2, -0.15) is 0 Å². The molecule has 0 aliphatic carbocycles. The molecule has 15 heavy (non-hydrogen) atoms. The molecule has 1 atom stereocenters. The lowest BCUT2D eigenvalue weighted by Crippen LogP contribution is -2.44. The van der Waals surface area contributed by atoms with Crippen molar-refractivity contribution in [1.29, 1.82) is 0 Å². The number of ether oxygens (including phenoxy) is 3. The topological polar surface area (TPSA) is 96.7 Å². The van der Waals surface area contributed by atoms with Crippen molar-refractivity contribution in [3.63, 3.8) is 0 Å². The van der Waals surface area contributed by atoms with Gasteiger partial charge in [0.05, 0.1) is 19.8 Å². The highest BCUT2D eigenvalue weighted by Gasteiger charge is 2.32. The number of methoxy groups -OCH3 is 2. The van der Waals surface area contributed by atoms with Crippen LogP contribution in [-0.2, 0) is 14.2 Å². The molecule has 0 unspecified atom stereocenters. The lowest BCUT2D eigenvalue weighted by molar-refractivity contribution is -0.138. The van der Waals surface area contributed by atoms with Crippen molar-refractivity contribution in [2.45, 2.75) is 11.7 Å². The molecule has 1 N–H and O–H groups in total. The van der Waals surface area contributed by atoms with Crippen molar-refractivity contribution < 1.29 is 19.3 Å². The Morgan fingerprint density at radius 1 is 1.47 bits per heavy atom. The fourth-order valence-electron chi connectivity index (χ4n) is 1.04. The van der Waals surface area contributed by atoms with E-state index in [0.29, 0.717) is 0 Å². The van der Waals surface area contributed by atoms with Crippen LogP contribution in [0.1, 0.15) is 0 Å². The standard InChI is InChI=1S/C7H14BN3O4/c1-13-4-7(5-14-2,10-11-9)15-6(8)3-12/h6,12H,3-5H2,1-2H3/t6-/m1/s1. The van der Waals surface area contributed by atoms with E-state index in [2.05, 4.69) is 10.0 Å². The Morgan fingerprint density at radius 3 is 2.33 bits per heavy atom. The largest absolute Gasteiger partial charge is 0.395 e. The number of aliphatic hydroxyl groups excluding tert-OH is 1. The fourth-order valence-corrected chi connectivity index (χ4v) is 1.04. The van der Waals surface area contributed by atoms with Crippen molar-refractivity contribution in [1.82, 2.24) is 0 Å². The third-order valence-corrected chi connectivity index (χ3v) is 1.52. The molecule has 8 heteroatoms. The summed E-state index contributed by atoms with van der Waals surface area (Å²) in [6, 6.07) is -0.958. The van der Waals surface area contributed by atoms with E-state index in [-0.39, 0.29) is 13.2 Å². The van der Waals surface area contributed by atoms with Crippen LogP contribution in [0.5, 0.6) is 0 Å². The van der Waals surface area contributed by atoms with Crippen molar-refractivity contribution >= 4 is 7.85 Å². The van der Waals surface area contributed by atoms with Gasteiger partial charge in [0.15, 0.2) is 5.72 Å². The van der Waals surface area contributed by atoms with Gasteiger partial charge >= 0.3 is 0 Å². The average Bonchev–Trinajstić information content (AvgIpc) is 2.18. The van der Waals surface area contributed by atoms with E-state index in [1.165, 1.54) is 14.2 Å². The zero-order valence-corrected chi connectivity index (χ0v) is 8.79. The SMILES string of the molecule is [B][C@@H](CO)OC(COC)(COC)N=[N+]=[N-]. The second kappa shape index (κ2) is 7.50. The third-order valence-electron chi connectivity index (χ3n) is 1.52. The normalized spacial score (nSPS) is 13.3. The molecule has 2 radical (unpaired) electrons. The number of nitrogens with zero attached hydrogens (tertiary/aromatic N) is 3. The highest BCUT2D eigenvalue weighted by molar-refractivity contribution is 6.11. The molecule has 0 rings (SSSR count). The minimum atomic E-state index is -1.35. The Hall–Kier alpha value is -0.785. The Bertz CT molecular complexity index is 216. The molecular weight excluding hydrogens is 201 g/mol. The number of azide groups is 1. The van der Waals surface area contributed by atoms with Crippen LogP contribution in [0.15, 0.2) is 5.11 Å². The average molecular weight is 215 g/mol. The smallest absolute Gasteiger partial charge is 0.192 e. The first-order valence-electron chi connectivity index (χ1n) is 4.22. The Balaban J connectivity index is 4.67. The zero-order chi connectivity index (χ0) is 11.7. The molecule has 0 aliphatic heterocycles. The van der Waals surface area contributed by atoms with E-state index >= 15 is 0 Å². The number of rotatable bonds is 8. The van der Waals surface area contributed by atoms with E-state index in [4.69, 9.17) is 32.7 Å². The van der Waals surface area contributed by atoms with Crippen LogP contribution >= 0.6 is 0 Å². The molecule has 0 aliphatic rings. The molecule has 0 aromatic rings. The molecule has 0 saturated carbocycles. The van der Waals surface area contributed by atoms with Crippen LogP contribution in [0.4, 0.5) is 0 Å². The molecule has 0 bridgehead atoms. The minimum absolute atomic E-state index is 0.0153. The van der Waals surface area contributed by atoms with Crippen molar-refractivity contribution in [2.24, 2.45) is 5.11 Å². The maximum Gasteiger partial charge on any atom is 0.192 e. The summed E-state index contributed by atoms with van der Waals surface area (Å²) in [5.41, 5.74) is 7.06. The lowest BCUT2D eigenvalue weighted by atomic mass is 10.0. The summed E-state index contributed by atoms with van der Waals surface area (Å²) in [5, 5.41) is 12.2. The highest BCUT2D eigenvalue weighted by Crippen LogP contribution is 2.16. The predicted octanol–water partition coefficient (Wildman–Crippen LogP) is -0.211. The molecule has 0 fully saturated rings. The van der Waals surface area contributed by atoms with E-state index in [1.54, 1.807) is 0 Å². The molecule has 0 saturated heterocycles. The molecule has 0 heterocycles. The van der Waals surface area contributed by atoms with Crippen LogP contribution < -0.4 is 0 Å². The number of aliphatic hydroxyl groups is 1. The Labute approximate surface area is 89.3 Å². The van der Waals surface area contributed by atoms with Gasteiger partial charge in [-0.15, -0.1) is 0 Å². The van der Waals surface area contributed by atoms with Gasteiger partial charge in [0, 0.05) is 25.1 Å². The van der Waals surface area contributed by atoms with Gasteiger partial charge in [-0.05, 0) is 5.53 Å². The second-order valence-electron chi connectivity index (χ2n) is 2.84. The first-order valence-corrected chi connectivity index (χ1v) is 4.22. The second-order valence-corrected chi connectivity index (χ2v) is 2.84. The van der Waals surface area contributed by atoms with Crippen LogP contribution in [-0.4, -0.2) is 58.7 Å². The van der Waals surface area contributed by atoms with E-state index in [0.717, 1.165) is 0 Å². The zero-order valence-electron chi connectivity index (χ0n) is 8.79. The maximum absolute atomic E-state index is 8.74. The van der Waals surface area contributed by atoms with Crippen molar-refractivity contribution in [2.75, 3.05) is 34.0 Å². The highest BCUT2D eigenvalue weighted by atomic mass is 16.6. The van der Waals surface area contributed by atoms with Gasteiger partial charge in [0.1, 0.15) is 7.85 Å². The molecular formula is C7H14BN3O4. The van der Waals surface area contributed by atoms with E-state index < -0.39 is 18.3 Å². The fraction of sp³-hybridized carbons (Fsp3) is 1.00. The number of hydrogen-bond donors (Lipinski definition) is 1. The summed E-state index contributed by atoms with van der Waals surface area (Å²) in [4.78, 5) is 2.64. The molecule has 0 spiro atoms. The van der Waals surface area contributed by atoms with Gasteiger partial charge < -0.3 is 19.3 Å². The molecule has 84 valence electrons. The lowest BCUT2D eigenvalue weighted by Gasteiger charge is -2.30. The van der Waals surface area contributed by atoms with Crippen molar-refractivity contribution in [3.8, 4) is 0 Å². The molecule has 0 aromatic heterocycles. The maximum atomic E-state index is 8.74. The van der Waals surface area contributed by atoms with Crippen LogP contribution in [0.2, 0.25) is 0 Å². The molecule has 7 nitrogen and oxygen atoms in total. The Morgan fingerprint density at radius 2 is 2.00 bits per heavy atom. The van der Waals surface area contributed by atoms with Gasteiger partial charge in [-0.3, -0.25) is 0 Å². The first kappa shape index (κ1) is 14.2. The van der Waals surface area contributed by atoms with E-state index in [9.17, 15) is 0 Å². The minimum Gasteiger partial charge on any atom is -0.395 e. The van der Waals surface area contributed by atoms with Crippen molar-refractivity contribution in [3.05, 3.63) is 10.4 Å². The summed E-state index contributed by atoms with van der Waals surface area (Å²) < 4.78 is 14.9. The first-order chi connectivity index (χ1) is 7.14. The predicted molar refractivity (Wildman–Crippen MR) is 53.3 cm³/mol. The van der Waals surface area contributed by atoms with E-state index in [1.807, 2.05) is 0 Å².